The van der Waals surface area contributed by atoms with Gasteiger partial charge in [0.1, 0.15) is 0 Å². The normalized spacial score (nSPS) is 12.2. The molecule has 2 nitrogen and oxygen atoms in total. The van der Waals surface area contributed by atoms with Crippen LogP contribution in [0.2, 0.25) is 0 Å². The van der Waals surface area contributed by atoms with E-state index in [4.69, 9.17) is 21.1 Å². The van der Waals surface area contributed by atoms with E-state index in [9.17, 15) is 0 Å². The van der Waals surface area contributed by atoms with Crippen molar-refractivity contribution in [3.05, 3.63) is 43.0 Å². The number of ether oxygens (including phenoxy) is 2. The standard InChI is InChI=1S/C14H13Br2ClO2S/c1-18-11-4-3-8(6-12(11)19-2)5-10(17)9-7-13(15)20-14(9)16/h3-4,6-7,10H,5H2,1-2H3. The van der Waals surface area contributed by atoms with Crippen LogP contribution in [0.25, 0.3) is 0 Å². The largest absolute Gasteiger partial charge is 0.493 e. The van der Waals surface area contributed by atoms with Crippen LogP contribution < -0.4 is 9.47 Å². The first kappa shape index (κ1) is 16.1. The molecule has 0 saturated heterocycles. The highest BCUT2D eigenvalue weighted by molar-refractivity contribution is 9.12. The van der Waals surface area contributed by atoms with Crippen LogP contribution in [0.4, 0.5) is 0 Å². The molecule has 1 heterocycles. The molecular formula is C14H13Br2ClO2S. The first-order valence-corrected chi connectivity index (χ1v) is 8.68. The smallest absolute Gasteiger partial charge is 0.160 e. The minimum atomic E-state index is -0.0926. The summed E-state index contributed by atoms with van der Waals surface area (Å²) >= 11 is 15.2. The summed E-state index contributed by atoms with van der Waals surface area (Å²) < 4.78 is 12.7. The summed E-state index contributed by atoms with van der Waals surface area (Å²) in [5.41, 5.74) is 2.20. The Morgan fingerprint density at radius 3 is 2.40 bits per heavy atom. The Bertz CT molecular complexity index is 601. The Hall–Kier alpha value is -0.230. The highest BCUT2D eigenvalue weighted by Crippen LogP contribution is 2.40. The lowest BCUT2D eigenvalue weighted by Gasteiger charge is -2.12. The van der Waals surface area contributed by atoms with Gasteiger partial charge in [0, 0.05) is 0 Å². The zero-order valence-corrected chi connectivity index (χ0v) is 15.7. The fraction of sp³-hybridized carbons (Fsp3) is 0.286. The summed E-state index contributed by atoms with van der Waals surface area (Å²) in [6.45, 7) is 0. The minimum absolute atomic E-state index is 0.0926. The third-order valence-electron chi connectivity index (χ3n) is 2.88. The first-order valence-electron chi connectivity index (χ1n) is 5.85. The zero-order chi connectivity index (χ0) is 14.7. The fourth-order valence-corrected chi connectivity index (χ4v) is 5.41. The third kappa shape index (κ3) is 3.70. The molecular weight excluding hydrogens is 427 g/mol. The molecule has 2 rings (SSSR count). The van der Waals surface area contributed by atoms with Gasteiger partial charge in [0.25, 0.3) is 0 Å². The van der Waals surface area contributed by atoms with Gasteiger partial charge in [0.05, 0.1) is 27.2 Å². The van der Waals surface area contributed by atoms with E-state index in [2.05, 4.69) is 31.9 Å². The Labute approximate surface area is 144 Å². The number of hydrogen-bond donors (Lipinski definition) is 0. The van der Waals surface area contributed by atoms with Crippen LogP contribution >= 0.6 is 54.8 Å². The van der Waals surface area contributed by atoms with Gasteiger partial charge >= 0.3 is 0 Å². The predicted molar refractivity (Wildman–Crippen MR) is 91.6 cm³/mol. The number of rotatable bonds is 5. The molecule has 108 valence electrons. The molecule has 1 unspecified atom stereocenters. The van der Waals surface area contributed by atoms with E-state index in [1.807, 2.05) is 24.3 Å². The summed E-state index contributed by atoms with van der Waals surface area (Å²) in [7, 11) is 3.26. The van der Waals surface area contributed by atoms with E-state index in [0.717, 1.165) is 36.6 Å². The quantitative estimate of drug-likeness (QED) is 0.546. The Morgan fingerprint density at radius 1 is 1.15 bits per heavy atom. The van der Waals surface area contributed by atoms with E-state index in [1.54, 1.807) is 25.6 Å². The van der Waals surface area contributed by atoms with Gasteiger partial charge < -0.3 is 9.47 Å². The molecule has 0 spiro atoms. The summed E-state index contributed by atoms with van der Waals surface area (Å²) in [4.78, 5) is 0. The lowest BCUT2D eigenvalue weighted by molar-refractivity contribution is 0.354. The van der Waals surface area contributed by atoms with E-state index < -0.39 is 0 Å². The molecule has 6 heteroatoms. The molecule has 0 aliphatic heterocycles. The van der Waals surface area contributed by atoms with Crippen molar-refractivity contribution >= 4 is 54.8 Å². The topological polar surface area (TPSA) is 18.5 Å². The van der Waals surface area contributed by atoms with E-state index in [-0.39, 0.29) is 5.38 Å². The molecule has 0 saturated carbocycles. The Morgan fingerprint density at radius 2 is 1.85 bits per heavy atom. The number of thiophene rings is 1. The summed E-state index contributed by atoms with van der Waals surface area (Å²) in [5, 5.41) is -0.0926. The third-order valence-corrected chi connectivity index (χ3v) is 5.66. The van der Waals surface area contributed by atoms with Gasteiger partial charge in [-0.2, -0.15) is 0 Å². The van der Waals surface area contributed by atoms with Crippen LogP contribution in [-0.4, -0.2) is 14.2 Å². The number of alkyl halides is 1. The second-order valence-corrected chi connectivity index (χ2v) is 8.42. The highest BCUT2D eigenvalue weighted by Gasteiger charge is 2.16. The van der Waals surface area contributed by atoms with Gasteiger partial charge in [-0.1, -0.05) is 6.07 Å². The zero-order valence-electron chi connectivity index (χ0n) is 11.0. The van der Waals surface area contributed by atoms with E-state index >= 15 is 0 Å². The van der Waals surface area contributed by atoms with Gasteiger partial charge in [0.2, 0.25) is 0 Å². The maximum atomic E-state index is 6.51. The summed E-state index contributed by atoms with van der Waals surface area (Å²) in [5.74, 6) is 1.45. The molecule has 0 amide bonds. The van der Waals surface area contributed by atoms with Crippen molar-refractivity contribution in [1.82, 2.24) is 0 Å². The molecule has 0 fully saturated rings. The second-order valence-electron chi connectivity index (χ2n) is 4.14. The number of benzene rings is 1. The summed E-state index contributed by atoms with van der Waals surface area (Å²) in [6, 6.07) is 7.92. The van der Waals surface area contributed by atoms with Crippen molar-refractivity contribution in [1.29, 1.82) is 0 Å². The van der Waals surface area contributed by atoms with Crippen LogP contribution in [0.3, 0.4) is 0 Å². The highest BCUT2D eigenvalue weighted by atomic mass is 79.9. The molecule has 1 atom stereocenters. The van der Waals surface area contributed by atoms with Gasteiger partial charge in [-0.3, -0.25) is 0 Å². The van der Waals surface area contributed by atoms with Crippen molar-refractivity contribution in [2.75, 3.05) is 14.2 Å². The van der Waals surface area contributed by atoms with Crippen LogP contribution in [-0.2, 0) is 6.42 Å². The maximum absolute atomic E-state index is 6.51. The van der Waals surface area contributed by atoms with Crippen molar-refractivity contribution in [3.63, 3.8) is 0 Å². The van der Waals surface area contributed by atoms with Gasteiger partial charge in [-0.25, -0.2) is 0 Å². The molecule has 1 aromatic heterocycles. The maximum Gasteiger partial charge on any atom is 0.160 e. The van der Waals surface area contributed by atoms with Crippen molar-refractivity contribution in [3.8, 4) is 11.5 Å². The Kier molecular flexibility index (Phi) is 5.78. The number of methoxy groups -OCH3 is 2. The fourth-order valence-electron chi connectivity index (χ4n) is 1.89. The Balaban J connectivity index is 2.19. The lowest BCUT2D eigenvalue weighted by Crippen LogP contribution is -1.97. The lowest BCUT2D eigenvalue weighted by atomic mass is 10.1. The van der Waals surface area contributed by atoms with Crippen LogP contribution in [0, 0.1) is 0 Å². The van der Waals surface area contributed by atoms with Crippen molar-refractivity contribution in [2.45, 2.75) is 11.8 Å². The van der Waals surface area contributed by atoms with Crippen molar-refractivity contribution < 1.29 is 9.47 Å². The molecule has 0 aliphatic rings. The monoisotopic (exact) mass is 438 g/mol. The van der Waals surface area contributed by atoms with Crippen LogP contribution in [0.5, 0.6) is 11.5 Å². The van der Waals surface area contributed by atoms with Gasteiger partial charge in [0.15, 0.2) is 11.5 Å². The van der Waals surface area contributed by atoms with Gasteiger partial charge in [-0.15, -0.1) is 22.9 Å². The molecule has 0 N–H and O–H groups in total. The number of halogens is 3. The van der Waals surface area contributed by atoms with E-state index in [1.165, 1.54) is 0 Å². The molecule has 0 bridgehead atoms. The molecule has 2 aromatic rings. The number of hydrogen-bond acceptors (Lipinski definition) is 3. The predicted octanol–water partition coefficient (Wildman–Crippen LogP) is 5.81. The van der Waals surface area contributed by atoms with E-state index in [0.29, 0.717) is 0 Å². The molecule has 1 aromatic carbocycles. The van der Waals surface area contributed by atoms with Crippen molar-refractivity contribution in [2.24, 2.45) is 0 Å². The SMILES string of the molecule is COc1ccc(CC(Cl)c2cc(Br)sc2Br)cc1OC. The van der Waals surface area contributed by atoms with Crippen LogP contribution in [0.15, 0.2) is 31.8 Å². The van der Waals surface area contributed by atoms with Crippen LogP contribution in [0.1, 0.15) is 16.5 Å². The average Bonchev–Trinajstić information content (AvgIpc) is 2.77. The molecule has 20 heavy (non-hydrogen) atoms. The summed E-state index contributed by atoms with van der Waals surface area (Å²) in [6.07, 6.45) is 0.726. The molecule has 0 aliphatic carbocycles. The first-order chi connectivity index (χ1) is 9.55. The minimum Gasteiger partial charge on any atom is -0.493 e. The average molecular weight is 441 g/mol. The second kappa shape index (κ2) is 7.16. The molecule has 0 radical (unpaired) electrons. The van der Waals surface area contributed by atoms with Gasteiger partial charge in [-0.05, 0) is 67.6 Å².